The van der Waals surface area contributed by atoms with Crippen LogP contribution in [0.5, 0.6) is 11.5 Å². The number of phenolic OH excluding ortho intramolecular Hbond substituents is 1. The summed E-state index contributed by atoms with van der Waals surface area (Å²) in [5, 5.41) is 9.09. The summed E-state index contributed by atoms with van der Waals surface area (Å²) >= 11 is 0. The number of ether oxygens (including phenoxy) is 1. The van der Waals surface area contributed by atoms with Crippen LogP contribution in [0.25, 0.3) is 0 Å². The molecule has 21 heavy (non-hydrogen) atoms. The third kappa shape index (κ3) is 20.7. The molecule has 0 bridgehead atoms. The van der Waals surface area contributed by atoms with Crippen LogP contribution in [-0.4, -0.2) is 53.5 Å². The molecule has 0 aliphatic rings. The lowest BCUT2D eigenvalue weighted by atomic mass is 10.2. The van der Waals surface area contributed by atoms with E-state index in [0.717, 1.165) is 0 Å². The lowest BCUT2D eigenvalue weighted by Crippen LogP contribution is -1.89. The van der Waals surface area contributed by atoms with Gasteiger partial charge in [0.2, 0.25) is 0 Å². The number of carbonyl (C=O) groups excluding carboxylic acids is 1. The first-order valence-corrected chi connectivity index (χ1v) is 7.29. The third-order valence-corrected chi connectivity index (χ3v) is 1.34. The molecule has 0 radical (unpaired) electrons. The molecule has 11 nitrogen and oxygen atoms in total. The van der Waals surface area contributed by atoms with Gasteiger partial charge >= 0.3 is 20.8 Å². The Kier molecular flexibility index (Phi) is 9.45. The smallest absolute Gasteiger partial charge is 0.394 e. The molecule has 0 saturated heterocycles. The van der Waals surface area contributed by atoms with Crippen LogP contribution in [-0.2, 0) is 20.8 Å². The molecule has 0 unspecified atom stereocenters. The Labute approximate surface area is 120 Å². The molecule has 122 valence electrons. The fourth-order valence-corrected chi connectivity index (χ4v) is 0.768. The van der Waals surface area contributed by atoms with Gasteiger partial charge in [-0.2, -0.15) is 16.8 Å². The first-order chi connectivity index (χ1) is 9.27. The van der Waals surface area contributed by atoms with Gasteiger partial charge in [-0.3, -0.25) is 23.0 Å². The summed E-state index contributed by atoms with van der Waals surface area (Å²) in [5.74, 6) is 0.354. The number of carbonyl (C=O) groups is 1. The molecule has 0 aliphatic heterocycles. The van der Waals surface area contributed by atoms with Crippen LogP contribution >= 0.6 is 0 Å². The highest BCUT2D eigenvalue weighted by molar-refractivity contribution is 7.80. The Bertz CT molecular complexity index is 601. The second-order valence-corrected chi connectivity index (χ2v) is 4.74. The van der Waals surface area contributed by atoms with Crippen molar-refractivity contribution >= 4 is 27.1 Å². The van der Waals surface area contributed by atoms with Gasteiger partial charge in [0, 0.05) is 5.56 Å². The first kappa shape index (κ1) is 21.5. The van der Waals surface area contributed by atoms with Gasteiger partial charge in [-0.1, -0.05) is 0 Å². The Morgan fingerprint density at radius 3 is 1.67 bits per heavy atom. The molecule has 0 atom stereocenters. The minimum absolute atomic E-state index is 0.0399. The summed E-state index contributed by atoms with van der Waals surface area (Å²) in [4.78, 5) is 10.2. The van der Waals surface area contributed by atoms with E-state index < -0.39 is 20.8 Å². The number of hydrogen-bond donors (Lipinski definition) is 5. The van der Waals surface area contributed by atoms with E-state index in [4.69, 9.17) is 44.9 Å². The van der Waals surface area contributed by atoms with E-state index in [9.17, 15) is 4.79 Å². The lowest BCUT2D eigenvalue weighted by Gasteiger charge is -2.01. The molecule has 1 aromatic rings. The number of benzene rings is 1. The standard InChI is InChI=1S/C8H8O3.2H2O4S/c1-11-8-4-6(5-9)2-3-7(8)10;2*1-5(2,3)4/h2-5,10H,1H3;2*(H2,1,2,3,4). The maximum absolute atomic E-state index is 10.2. The molecular formula is C8H12O11S2. The minimum Gasteiger partial charge on any atom is -0.504 e. The molecular weight excluding hydrogens is 336 g/mol. The van der Waals surface area contributed by atoms with Gasteiger partial charge in [-0.05, 0) is 18.2 Å². The number of aromatic hydroxyl groups is 1. The van der Waals surface area contributed by atoms with Crippen LogP contribution in [0, 0.1) is 0 Å². The molecule has 13 heteroatoms. The highest BCUT2D eigenvalue weighted by Crippen LogP contribution is 2.25. The molecule has 0 spiro atoms. The average molecular weight is 348 g/mol. The topological polar surface area (TPSA) is 196 Å². The van der Waals surface area contributed by atoms with Gasteiger partial charge in [0.25, 0.3) is 0 Å². The fraction of sp³-hybridized carbons (Fsp3) is 0.125. The number of rotatable bonds is 2. The minimum atomic E-state index is -4.67. The molecule has 0 aromatic heterocycles. The Morgan fingerprint density at radius 1 is 1.00 bits per heavy atom. The maximum Gasteiger partial charge on any atom is 0.394 e. The number of phenols is 1. The summed E-state index contributed by atoms with van der Waals surface area (Å²) in [7, 11) is -7.90. The molecule has 5 N–H and O–H groups in total. The summed E-state index contributed by atoms with van der Waals surface area (Å²) in [6.45, 7) is 0. The summed E-state index contributed by atoms with van der Waals surface area (Å²) in [6.07, 6.45) is 0.696. The van der Waals surface area contributed by atoms with Gasteiger partial charge < -0.3 is 9.84 Å². The molecule has 1 aromatic carbocycles. The quantitative estimate of drug-likeness (QED) is 0.353. The van der Waals surface area contributed by atoms with E-state index in [1.165, 1.54) is 25.3 Å². The first-order valence-electron chi connectivity index (χ1n) is 4.50. The lowest BCUT2D eigenvalue weighted by molar-refractivity contribution is 0.112. The zero-order valence-corrected chi connectivity index (χ0v) is 11.9. The number of methoxy groups -OCH3 is 1. The average Bonchev–Trinajstić information content (AvgIpc) is 2.25. The Morgan fingerprint density at radius 2 is 1.38 bits per heavy atom. The van der Waals surface area contributed by atoms with Crippen molar-refractivity contribution < 1.29 is 49.7 Å². The molecule has 0 fully saturated rings. The van der Waals surface area contributed by atoms with Crippen molar-refractivity contribution in [2.24, 2.45) is 0 Å². The Balaban J connectivity index is 0. The molecule has 0 saturated carbocycles. The monoisotopic (exact) mass is 348 g/mol. The number of hydrogen-bond acceptors (Lipinski definition) is 7. The van der Waals surface area contributed by atoms with Gasteiger partial charge in [-0.15, -0.1) is 0 Å². The molecule has 0 heterocycles. The van der Waals surface area contributed by atoms with E-state index in [0.29, 0.717) is 17.6 Å². The summed E-state index contributed by atoms with van der Waals surface area (Å²) in [5.41, 5.74) is 0.486. The van der Waals surface area contributed by atoms with Gasteiger partial charge in [-0.25, -0.2) is 0 Å². The SMILES string of the molecule is COc1cc(C=O)ccc1O.O=S(=O)(O)O.O=S(=O)(O)O. The van der Waals surface area contributed by atoms with Crippen LogP contribution in [0.15, 0.2) is 18.2 Å². The zero-order chi connectivity index (χ0) is 17.3. The molecule has 0 aliphatic carbocycles. The van der Waals surface area contributed by atoms with Crippen molar-refractivity contribution in [3.63, 3.8) is 0 Å². The van der Waals surface area contributed by atoms with E-state index in [2.05, 4.69) is 0 Å². The van der Waals surface area contributed by atoms with Gasteiger partial charge in [0.05, 0.1) is 7.11 Å². The third-order valence-electron chi connectivity index (χ3n) is 1.34. The normalized spacial score (nSPS) is 10.3. The van der Waals surface area contributed by atoms with Gasteiger partial charge in [0.1, 0.15) is 6.29 Å². The zero-order valence-electron chi connectivity index (χ0n) is 10.3. The van der Waals surface area contributed by atoms with Crippen LogP contribution in [0.1, 0.15) is 10.4 Å². The maximum atomic E-state index is 10.2. The second kappa shape index (κ2) is 9.22. The van der Waals surface area contributed by atoms with Crippen molar-refractivity contribution in [3.05, 3.63) is 23.8 Å². The van der Waals surface area contributed by atoms with Gasteiger partial charge in [0.15, 0.2) is 11.5 Å². The van der Waals surface area contributed by atoms with E-state index in [1.54, 1.807) is 0 Å². The van der Waals surface area contributed by atoms with E-state index >= 15 is 0 Å². The number of aldehydes is 1. The van der Waals surface area contributed by atoms with E-state index in [1.807, 2.05) is 0 Å². The highest BCUT2D eigenvalue weighted by Gasteiger charge is 2.00. The van der Waals surface area contributed by atoms with Crippen molar-refractivity contribution in [1.82, 2.24) is 0 Å². The van der Waals surface area contributed by atoms with Crippen molar-refractivity contribution in [2.45, 2.75) is 0 Å². The highest BCUT2D eigenvalue weighted by atomic mass is 32.3. The van der Waals surface area contributed by atoms with Crippen molar-refractivity contribution in [1.29, 1.82) is 0 Å². The van der Waals surface area contributed by atoms with Crippen molar-refractivity contribution in [2.75, 3.05) is 7.11 Å². The van der Waals surface area contributed by atoms with Crippen molar-refractivity contribution in [3.8, 4) is 11.5 Å². The largest absolute Gasteiger partial charge is 0.504 e. The van der Waals surface area contributed by atoms with Crippen LogP contribution in [0.3, 0.4) is 0 Å². The predicted molar refractivity (Wildman–Crippen MR) is 68.4 cm³/mol. The van der Waals surface area contributed by atoms with Crippen LogP contribution in [0.2, 0.25) is 0 Å². The van der Waals surface area contributed by atoms with Crippen LogP contribution in [0.4, 0.5) is 0 Å². The van der Waals surface area contributed by atoms with Crippen LogP contribution < -0.4 is 4.74 Å². The summed E-state index contributed by atoms with van der Waals surface area (Å²) in [6, 6.07) is 4.41. The Hall–Kier alpha value is -1.77. The summed E-state index contributed by atoms with van der Waals surface area (Å²) < 4.78 is 67.9. The fourth-order valence-electron chi connectivity index (χ4n) is 0.768. The molecule has 1 rings (SSSR count). The second-order valence-electron chi connectivity index (χ2n) is 2.94. The molecule has 0 amide bonds. The predicted octanol–water partition coefficient (Wildman–Crippen LogP) is -0.0923. The van der Waals surface area contributed by atoms with E-state index in [-0.39, 0.29) is 5.75 Å².